The quantitative estimate of drug-likeness (QED) is 0.475. The van der Waals surface area contributed by atoms with Crippen LogP contribution >= 0.6 is 0 Å². The molecule has 0 fully saturated rings. The lowest BCUT2D eigenvalue weighted by Crippen LogP contribution is -2.34. The molecule has 10 heteroatoms. The second-order valence-corrected chi connectivity index (χ2v) is 6.56. The fraction of sp³-hybridized carbons (Fsp3) is 0.261. The van der Waals surface area contributed by atoms with Crippen molar-refractivity contribution in [1.29, 1.82) is 0 Å². The fourth-order valence-electron chi connectivity index (χ4n) is 2.67. The Balaban J connectivity index is 2.68. The summed E-state index contributed by atoms with van der Waals surface area (Å²) in [7, 11) is 0. The topological polar surface area (TPSA) is 150 Å². The minimum Gasteiger partial charge on any atom is -0.512 e. The predicted molar refractivity (Wildman–Crippen MR) is 116 cm³/mol. The van der Waals surface area contributed by atoms with Crippen molar-refractivity contribution in [3.05, 3.63) is 72.1 Å². The molecular weight excluding hydrogens is 436 g/mol. The molecule has 0 atom stereocenters. The summed E-state index contributed by atoms with van der Waals surface area (Å²) < 4.78 is 20.1. The normalized spacial score (nSPS) is 12.5. The van der Waals surface area contributed by atoms with E-state index < -0.39 is 29.0 Å². The van der Waals surface area contributed by atoms with Crippen LogP contribution in [0.1, 0.15) is 64.5 Å². The number of hydrogen-bond donors (Lipinski definition) is 1. The van der Waals surface area contributed by atoms with Gasteiger partial charge in [-0.3, -0.25) is 4.79 Å². The first-order chi connectivity index (χ1) is 15.6. The van der Waals surface area contributed by atoms with Crippen molar-refractivity contribution >= 4 is 35.6 Å². The van der Waals surface area contributed by atoms with Gasteiger partial charge in [0.25, 0.3) is 0 Å². The van der Waals surface area contributed by atoms with Gasteiger partial charge in [-0.15, -0.1) is 0 Å². The Hall–Kier alpha value is -4.21. The standard InChI is InChI=1S/C23H22O10/c1-5-30-20(26)16-10-14(12(3)24)22(28)32-18(16)8-7-9-19-17(21(27)31-6-2)11-15(13(4)25)23(29)33-19/h7-11,24H,5-6H2,1-4H3/b9-7+,14-12-,18-8-. The van der Waals surface area contributed by atoms with Gasteiger partial charge in [0.15, 0.2) is 5.78 Å². The summed E-state index contributed by atoms with van der Waals surface area (Å²) in [6, 6.07) is 2.20. The Bertz CT molecular complexity index is 1350. The number of ketones is 1. The molecule has 0 aliphatic heterocycles. The number of aliphatic hydroxyl groups excluding tert-OH is 1. The van der Waals surface area contributed by atoms with Gasteiger partial charge < -0.3 is 23.4 Å². The molecule has 2 heterocycles. The molecule has 10 nitrogen and oxygen atoms in total. The molecule has 0 unspecified atom stereocenters. The third-order valence-electron chi connectivity index (χ3n) is 4.21. The Morgan fingerprint density at radius 2 is 1.52 bits per heavy atom. The molecule has 2 rings (SSSR count). The van der Waals surface area contributed by atoms with Crippen LogP contribution in [0.15, 0.2) is 36.6 Å². The summed E-state index contributed by atoms with van der Waals surface area (Å²) in [5.41, 5.74) is -2.66. The van der Waals surface area contributed by atoms with E-state index in [0.29, 0.717) is 0 Å². The van der Waals surface area contributed by atoms with Crippen LogP contribution in [0.25, 0.3) is 17.9 Å². The van der Waals surface area contributed by atoms with Crippen molar-refractivity contribution in [3.8, 4) is 0 Å². The van der Waals surface area contributed by atoms with E-state index >= 15 is 0 Å². The van der Waals surface area contributed by atoms with Crippen LogP contribution in [-0.4, -0.2) is 36.0 Å². The lowest BCUT2D eigenvalue weighted by molar-refractivity contribution is 0.0511. The maximum atomic E-state index is 12.3. The lowest BCUT2D eigenvalue weighted by Gasteiger charge is -2.05. The zero-order valence-electron chi connectivity index (χ0n) is 18.4. The molecule has 33 heavy (non-hydrogen) atoms. The Labute approximate surface area is 187 Å². The second-order valence-electron chi connectivity index (χ2n) is 6.56. The minimum atomic E-state index is -0.952. The van der Waals surface area contributed by atoms with Crippen molar-refractivity contribution in [1.82, 2.24) is 0 Å². The van der Waals surface area contributed by atoms with Gasteiger partial charge in [-0.1, -0.05) is 6.08 Å². The molecule has 1 N–H and O–H groups in total. The predicted octanol–water partition coefficient (Wildman–Crippen LogP) is 1.33. The summed E-state index contributed by atoms with van der Waals surface area (Å²) in [4.78, 5) is 60.4. The zero-order valence-corrected chi connectivity index (χ0v) is 18.4. The molecule has 174 valence electrons. The molecule has 0 saturated carbocycles. The minimum absolute atomic E-state index is 0.0460. The molecule has 0 radical (unpaired) electrons. The van der Waals surface area contributed by atoms with Crippen LogP contribution in [0, 0.1) is 0 Å². The average Bonchev–Trinajstić information content (AvgIpc) is 2.73. The zero-order chi connectivity index (χ0) is 24.7. The first kappa shape index (κ1) is 25.1. The van der Waals surface area contributed by atoms with E-state index in [2.05, 4.69) is 0 Å². The van der Waals surface area contributed by atoms with Crippen LogP contribution < -0.4 is 21.9 Å². The van der Waals surface area contributed by atoms with Gasteiger partial charge in [0, 0.05) is 0 Å². The van der Waals surface area contributed by atoms with Gasteiger partial charge >= 0.3 is 23.2 Å². The fourth-order valence-corrected chi connectivity index (χ4v) is 2.67. The van der Waals surface area contributed by atoms with Gasteiger partial charge in [-0.25, -0.2) is 19.2 Å². The van der Waals surface area contributed by atoms with Gasteiger partial charge in [0.05, 0.1) is 18.4 Å². The maximum Gasteiger partial charge on any atom is 0.347 e. The second kappa shape index (κ2) is 10.9. The number of carbonyl (C=O) groups excluding carboxylic acids is 3. The molecule has 2 aromatic rings. The first-order valence-corrected chi connectivity index (χ1v) is 9.86. The van der Waals surface area contributed by atoms with Crippen molar-refractivity contribution in [2.24, 2.45) is 0 Å². The molecule has 0 saturated heterocycles. The Kier molecular flexibility index (Phi) is 8.27. The van der Waals surface area contributed by atoms with Crippen molar-refractivity contribution < 1.29 is 37.8 Å². The van der Waals surface area contributed by atoms with Gasteiger partial charge in [-0.2, -0.15) is 0 Å². The third kappa shape index (κ3) is 5.94. The largest absolute Gasteiger partial charge is 0.512 e. The van der Waals surface area contributed by atoms with Crippen LogP contribution in [0.3, 0.4) is 0 Å². The van der Waals surface area contributed by atoms with Crippen molar-refractivity contribution in [2.75, 3.05) is 13.2 Å². The number of esters is 2. The van der Waals surface area contributed by atoms with Crippen LogP contribution in [0.2, 0.25) is 0 Å². The first-order valence-electron chi connectivity index (χ1n) is 9.86. The summed E-state index contributed by atoms with van der Waals surface area (Å²) in [6.45, 7) is 5.69. The molecule has 0 spiro atoms. The van der Waals surface area contributed by atoms with Gasteiger partial charge in [-0.05, 0) is 52.0 Å². The van der Waals surface area contributed by atoms with E-state index in [1.165, 1.54) is 25.2 Å². The number of ether oxygens (including phenoxy) is 2. The molecule has 0 amide bonds. The monoisotopic (exact) mass is 458 g/mol. The number of hydrogen-bond acceptors (Lipinski definition) is 10. The summed E-state index contributed by atoms with van der Waals surface area (Å²) in [5, 5.41) is 9.43. The van der Waals surface area contributed by atoms with E-state index in [0.717, 1.165) is 19.1 Å². The van der Waals surface area contributed by atoms with Gasteiger partial charge in [0.2, 0.25) is 0 Å². The van der Waals surface area contributed by atoms with Crippen molar-refractivity contribution in [3.63, 3.8) is 0 Å². The molecule has 0 aromatic carbocycles. The average molecular weight is 458 g/mol. The number of allylic oxidation sites excluding steroid dienone is 1. The molecule has 0 aliphatic rings. The highest BCUT2D eigenvalue weighted by Gasteiger charge is 2.19. The van der Waals surface area contributed by atoms with E-state index in [9.17, 15) is 29.1 Å². The van der Waals surface area contributed by atoms with E-state index in [1.54, 1.807) is 13.8 Å². The van der Waals surface area contributed by atoms with Crippen molar-refractivity contribution in [2.45, 2.75) is 27.7 Å². The number of Topliss-reactive ketones (excluding diaryl/α,β-unsaturated/α-hetero) is 1. The number of rotatable bonds is 7. The van der Waals surface area contributed by atoms with Crippen LogP contribution in [-0.2, 0) is 9.47 Å². The van der Waals surface area contributed by atoms with E-state index in [4.69, 9.17) is 18.3 Å². The smallest absolute Gasteiger partial charge is 0.347 e. The summed E-state index contributed by atoms with van der Waals surface area (Å²) in [5.74, 6) is -2.76. The highest BCUT2D eigenvalue weighted by atomic mass is 16.5. The lowest BCUT2D eigenvalue weighted by atomic mass is 10.1. The van der Waals surface area contributed by atoms with Gasteiger partial charge in [0.1, 0.15) is 33.6 Å². The Morgan fingerprint density at radius 1 is 0.909 bits per heavy atom. The molecule has 0 bridgehead atoms. The number of carbonyl (C=O) groups is 3. The summed E-state index contributed by atoms with van der Waals surface area (Å²) in [6.07, 6.45) is 3.66. The Morgan fingerprint density at radius 3 is 2.06 bits per heavy atom. The number of aliphatic hydroxyl groups is 1. The van der Waals surface area contributed by atoms with E-state index in [-0.39, 0.29) is 52.1 Å². The highest BCUT2D eigenvalue weighted by Crippen LogP contribution is 2.13. The molecular formula is C23H22O10. The maximum absolute atomic E-state index is 12.3. The third-order valence-corrected chi connectivity index (χ3v) is 4.21. The highest BCUT2D eigenvalue weighted by molar-refractivity contribution is 5.98. The van der Waals surface area contributed by atoms with E-state index in [1.807, 2.05) is 0 Å². The van der Waals surface area contributed by atoms with Crippen LogP contribution in [0.5, 0.6) is 0 Å². The summed E-state index contributed by atoms with van der Waals surface area (Å²) >= 11 is 0. The van der Waals surface area contributed by atoms with Crippen LogP contribution in [0.4, 0.5) is 0 Å². The molecule has 0 aliphatic carbocycles. The molecule has 2 aromatic heterocycles. The SMILES string of the molecule is CCOC(=O)c1cc(C(C)=O)c(=O)oc1/C=C/C=c1\oc(=O)/c(=C(/C)O)cc1C(=O)OCC.